The Morgan fingerprint density at radius 1 is 0.935 bits per heavy atom. The molecule has 0 aliphatic rings. The molecule has 0 amide bonds. The first-order chi connectivity index (χ1) is 15.0. The average molecular weight is 412 g/mol. The van der Waals surface area contributed by atoms with E-state index < -0.39 is 0 Å². The van der Waals surface area contributed by atoms with E-state index in [1.807, 2.05) is 63.5 Å². The minimum absolute atomic E-state index is 0.225. The second kappa shape index (κ2) is 8.83. The molecule has 6 nitrogen and oxygen atoms in total. The largest absolute Gasteiger partial charge is 0.378 e. The maximum atomic E-state index is 13.1. The van der Waals surface area contributed by atoms with Crippen molar-refractivity contribution < 1.29 is 4.79 Å². The molecule has 156 valence electrons. The van der Waals surface area contributed by atoms with E-state index in [0.717, 1.165) is 22.4 Å². The molecule has 4 rings (SSSR count). The second-order valence-corrected chi connectivity index (χ2v) is 7.62. The van der Waals surface area contributed by atoms with Crippen molar-refractivity contribution in [1.29, 1.82) is 0 Å². The van der Waals surface area contributed by atoms with Crippen molar-refractivity contribution in [3.05, 3.63) is 95.6 Å². The molecule has 1 N–H and O–H groups in total. The number of benzene rings is 3. The average Bonchev–Trinajstić information content (AvgIpc) is 3.22. The van der Waals surface area contributed by atoms with Gasteiger partial charge in [0.05, 0.1) is 0 Å². The van der Waals surface area contributed by atoms with Crippen LogP contribution in [0.1, 0.15) is 21.5 Å². The van der Waals surface area contributed by atoms with Crippen LogP contribution >= 0.6 is 0 Å². The SMILES string of the molecule is Cc1ccc(-c2nc(NCc3ccc(N(C)C)cc3)n(C(=O)c3ccccc3)n2)cc1. The summed E-state index contributed by atoms with van der Waals surface area (Å²) < 4.78 is 1.35. The topological polar surface area (TPSA) is 63.1 Å². The number of anilines is 2. The third kappa shape index (κ3) is 4.64. The molecule has 0 aliphatic carbocycles. The minimum Gasteiger partial charge on any atom is -0.378 e. The summed E-state index contributed by atoms with van der Waals surface area (Å²) in [6.45, 7) is 2.56. The standard InChI is InChI=1S/C25H25N5O/c1-18-9-13-20(14-10-18)23-27-25(26-17-19-11-15-22(16-12-19)29(2)3)30(28-23)24(31)21-7-5-4-6-8-21/h4-16H,17H2,1-3H3,(H,26,27,28). The number of nitrogens with one attached hydrogen (secondary N) is 1. The molecule has 0 saturated carbocycles. The molecular formula is C25H25N5O. The molecule has 0 fully saturated rings. The van der Waals surface area contributed by atoms with Crippen LogP contribution in [0.5, 0.6) is 0 Å². The predicted molar refractivity (Wildman–Crippen MR) is 124 cm³/mol. The maximum Gasteiger partial charge on any atom is 0.281 e. The fourth-order valence-corrected chi connectivity index (χ4v) is 3.19. The molecule has 0 bridgehead atoms. The lowest BCUT2D eigenvalue weighted by atomic mass is 10.1. The molecule has 0 radical (unpaired) electrons. The summed E-state index contributed by atoms with van der Waals surface area (Å²) >= 11 is 0. The molecule has 4 aromatic rings. The first-order valence-corrected chi connectivity index (χ1v) is 10.2. The number of aromatic nitrogens is 3. The third-order valence-electron chi connectivity index (χ3n) is 5.03. The van der Waals surface area contributed by atoms with Crippen LogP contribution in [0.15, 0.2) is 78.9 Å². The molecule has 0 aliphatic heterocycles. The maximum absolute atomic E-state index is 13.1. The van der Waals surface area contributed by atoms with Crippen LogP contribution in [-0.4, -0.2) is 34.8 Å². The highest BCUT2D eigenvalue weighted by Crippen LogP contribution is 2.20. The zero-order chi connectivity index (χ0) is 21.8. The van der Waals surface area contributed by atoms with E-state index in [0.29, 0.717) is 23.9 Å². The van der Waals surface area contributed by atoms with Gasteiger partial charge in [-0.1, -0.05) is 60.2 Å². The van der Waals surface area contributed by atoms with Crippen LogP contribution in [0, 0.1) is 6.92 Å². The quantitative estimate of drug-likeness (QED) is 0.502. The van der Waals surface area contributed by atoms with E-state index in [4.69, 9.17) is 0 Å². The molecule has 3 aromatic carbocycles. The first-order valence-electron chi connectivity index (χ1n) is 10.2. The van der Waals surface area contributed by atoms with Crippen LogP contribution < -0.4 is 10.2 Å². The van der Waals surface area contributed by atoms with Crippen molar-refractivity contribution in [2.24, 2.45) is 0 Å². The van der Waals surface area contributed by atoms with E-state index in [9.17, 15) is 4.79 Å². The summed E-state index contributed by atoms with van der Waals surface area (Å²) in [6, 6.07) is 25.3. The van der Waals surface area contributed by atoms with Crippen molar-refractivity contribution in [1.82, 2.24) is 14.8 Å². The van der Waals surface area contributed by atoms with Crippen molar-refractivity contribution >= 4 is 17.5 Å². The van der Waals surface area contributed by atoms with Crippen LogP contribution in [-0.2, 0) is 6.54 Å². The second-order valence-electron chi connectivity index (χ2n) is 7.62. The highest BCUT2D eigenvalue weighted by atomic mass is 16.2. The van der Waals surface area contributed by atoms with Gasteiger partial charge in [-0.3, -0.25) is 4.79 Å². The third-order valence-corrected chi connectivity index (χ3v) is 5.03. The number of carbonyl (C=O) groups is 1. The summed E-state index contributed by atoms with van der Waals surface area (Å²) in [6.07, 6.45) is 0. The Morgan fingerprint density at radius 3 is 2.26 bits per heavy atom. The van der Waals surface area contributed by atoms with Crippen molar-refractivity contribution in [3.63, 3.8) is 0 Å². The van der Waals surface area contributed by atoms with E-state index in [2.05, 4.69) is 44.6 Å². The zero-order valence-electron chi connectivity index (χ0n) is 17.9. The number of hydrogen-bond donors (Lipinski definition) is 1. The lowest BCUT2D eigenvalue weighted by molar-refractivity contribution is 0.0947. The van der Waals surface area contributed by atoms with Crippen LogP contribution in [0.4, 0.5) is 11.6 Å². The number of hydrogen-bond acceptors (Lipinski definition) is 5. The van der Waals surface area contributed by atoms with Gasteiger partial charge in [0, 0.05) is 37.5 Å². The van der Waals surface area contributed by atoms with E-state index >= 15 is 0 Å². The Kier molecular flexibility index (Phi) is 5.80. The van der Waals surface area contributed by atoms with Crippen molar-refractivity contribution in [2.45, 2.75) is 13.5 Å². The summed E-state index contributed by atoms with van der Waals surface area (Å²) in [7, 11) is 4.02. The van der Waals surface area contributed by atoms with Crippen molar-refractivity contribution in [3.8, 4) is 11.4 Å². The molecule has 6 heteroatoms. The molecule has 0 atom stereocenters. The highest BCUT2D eigenvalue weighted by molar-refractivity contribution is 5.97. The predicted octanol–water partition coefficient (Wildman–Crippen LogP) is 4.62. The number of carbonyl (C=O) groups excluding carboxylic acids is 1. The Bertz CT molecular complexity index is 1160. The summed E-state index contributed by atoms with van der Waals surface area (Å²) in [5.74, 6) is 0.702. The Balaban J connectivity index is 1.64. The van der Waals surface area contributed by atoms with Gasteiger partial charge in [0.25, 0.3) is 5.91 Å². The minimum atomic E-state index is -0.225. The van der Waals surface area contributed by atoms with Crippen molar-refractivity contribution in [2.75, 3.05) is 24.3 Å². The summed E-state index contributed by atoms with van der Waals surface area (Å²) in [5, 5.41) is 7.81. The van der Waals surface area contributed by atoms with Gasteiger partial charge < -0.3 is 10.2 Å². The number of aryl methyl sites for hydroxylation is 1. The van der Waals surface area contributed by atoms with Gasteiger partial charge in [-0.2, -0.15) is 9.67 Å². The molecular weight excluding hydrogens is 386 g/mol. The van der Waals surface area contributed by atoms with Gasteiger partial charge in [0.1, 0.15) is 0 Å². The van der Waals surface area contributed by atoms with Gasteiger partial charge in [0.15, 0.2) is 5.82 Å². The highest BCUT2D eigenvalue weighted by Gasteiger charge is 2.18. The molecule has 1 heterocycles. The Morgan fingerprint density at radius 2 is 1.61 bits per heavy atom. The van der Waals surface area contributed by atoms with Gasteiger partial charge >= 0.3 is 0 Å². The van der Waals surface area contributed by atoms with Gasteiger partial charge in [0.2, 0.25) is 5.95 Å². The van der Waals surface area contributed by atoms with Gasteiger partial charge in [-0.05, 0) is 36.8 Å². The molecule has 31 heavy (non-hydrogen) atoms. The molecule has 0 unspecified atom stereocenters. The fraction of sp³-hybridized carbons (Fsp3) is 0.160. The smallest absolute Gasteiger partial charge is 0.281 e. The molecule has 0 saturated heterocycles. The van der Waals surface area contributed by atoms with E-state index in [1.54, 1.807) is 12.1 Å². The Hall–Kier alpha value is -3.93. The lowest BCUT2D eigenvalue weighted by Crippen LogP contribution is -2.17. The summed E-state index contributed by atoms with van der Waals surface area (Å²) in [4.78, 5) is 19.8. The monoisotopic (exact) mass is 411 g/mol. The van der Waals surface area contributed by atoms with Crippen LogP contribution in [0.3, 0.4) is 0 Å². The van der Waals surface area contributed by atoms with Crippen LogP contribution in [0.2, 0.25) is 0 Å². The first kappa shape index (κ1) is 20.3. The number of rotatable bonds is 6. The number of nitrogens with zero attached hydrogens (tertiary/aromatic N) is 4. The van der Waals surface area contributed by atoms with Gasteiger partial charge in [-0.25, -0.2) is 0 Å². The Labute approximate surface area is 182 Å². The normalized spacial score (nSPS) is 10.7. The lowest BCUT2D eigenvalue weighted by Gasteiger charge is -2.13. The van der Waals surface area contributed by atoms with Gasteiger partial charge in [-0.15, -0.1) is 5.10 Å². The van der Waals surface area contributed by atoms with E-state index in [1.165, 1.54) is 4.68 Å². The molecule has 1 aromatic heterocycles. The zero-order valence-corrected chi connectivity index (χ0v) is 17.9. The van der Waals surface area contributed by atoms with Crippen LogP contribution in [0.25, 0.3) is 11.4 Å². The summed E-state index contributed by atoms with van der Waals surface area (Å²) in [5.41, 5.74) is 4.80. The fourth-order valence-electron chi connectivity index (χ4n) is 3.19. The molecule has 0 spiro atoms. The van der Waals surface area contributed by atoms with E-state index in [-0.39, 0.29) is 5.91 Å².